The van der Waals surface area contributed by atoms with Gasteiger partial charge < -0.3 is 30.2 Å². The number of carbonyl (C=O) groups is 1. The number of alkyl halides is 2. The first-order chi connectivity index (χ1) is 18.4. The van der Waals surface area contributed by atoms with E-state index in [0.717, 1.165) is 57.2 Å². The molecule has 0 radical (unpaired) electrons. The molecule has 3 heterocycles. The van der Waals surface area contributed by atoms with E-state index in [1.54, 1.807) is 24.4 Å². The Morgan fingerprint density at radius 1 is 1.00 bits per heavy atom. The van der Waals surface area contributed by atoms with Crippen LogP contribution in [0.25, 0.3) is 0 Å². The van der Waals surface area contributed by atoms with E-state index >= 15 is 0 Å². The zero-order valence-corrected chi connectivity index (χ0v) is 20.7. The Hall–Kier alpha value is -3.96. The van der Waals surface area contributed by atoms with Crippen molar-refractivity contribution >= 4 is 23.1 Å². The SMILES string of the molecule is O=C(Nc1ccc2c(c1)OC(F)(F)O2)c1ccccc1NCc1ccnc(NCCCN2CCOCC2)c1. The van der Waals surface area contributed by atoms with Gasteiger partial charge in [0.1, 0.15) is 5.82 Å². The van der Waals surface area contributed by atoms with Crippen LogP contribution in [-0.4, -0.2) is 61.5 Å². The number of hydrogen-bond donors (Lipinski definition) is 3. The number of para-hydroxylation sites is 1. The van der Waals surface area contributed by atoms with Crippen molar-refractivity contribution in [2.24, 2.45) is 0 Å². The lowest BCUT2D eigenvalue weighted by molar-refractivity contribution is -0.286. The highest BCUT2D eigenvalue weighted by Gasteiger charge is 2.43. The molecule has 1 aromatic heterocycles. The number of fused-ring (bicyclic) bond motifs is 1. The predicted molar refractivity (Wildman–Crippen MR) is 139 cm³/mol. The maximum absolute atomic E-state index is 13.3. The summed E-state index contributed by atoms with van der Waals surface area (Å²) in [5.41, 5.74) is 2.35. The molecule has 0 saturated carbocycles. The lowest BCUT2D eigenvalue weighted by Gasteiger charge is -2.26. The molecule has 3 N–H and O–H groups in total. The Morgan fingerprint density at radius 3 is 2.68 bits per heavy atom. The summed E-state index contributed by atoms with van der Waals surface area (Å²) in [6, 6.07) is 15.1. The summed E-state index contributed by atoms with van der Waals surface area (Å²) in [7, 11) is 0. The summed E-state index contributed by atoms with van der Waals surface area (Å²) in [5, 5.41) is 9.41. The third-order valence-corrected chi connectivity index (χ3v) is 6.20. The number of hydrogen-bond acceptors (Lipinski definition) is 8. The van der Waals surface area contributed by atoms with Gasteiger partial charge in [0, 0.05) is 49.8 Å². The van der Waals surface area contributed by atoms with Crippen LogP contribution in [0.3, 0.4) is 0 Å². The third kappa shape index (κ3) is 6.67. The molecular weight excluding hydrogens is 496 g/mol. The normalized spacial score (nSPS) is 16.2. The molecule has 2 aliphatic heterocycles. The van der Waals surface area contributed by atoms with E-state index in [0.29, 0.717) is 23.5 Å². The maximum Gasteiger partial charge on any atom is 0.586 e. The number of nitrogens with zero attached hydrogens (tertiary/aromatic N) is 2. The second-order valence-corrected chi connectivity index (χ2v) is 8.97. The van der Waals surface area contributed by atoms with Crippen molar-refractivity contribution < 1.29 is 27.8 Å². The molecule has 200 valence electrons. The Labute approximate surface area is 219 Å². The van der Waals surface area contributed by atoms with Crippen molar-refractivity contribution in [1.29, 1.82) is 0 Å². The van der Waals surface area contributed by atoms with Gasteiger partial charge in [0.25, 0.3) is 5.91 Å². The highest BCUT2D eigenvalue weighted by atomic mass is 19.3. The van der Waals surface area contributed by atoms with Crippen LogP contribution >= 0.6 is 0 Å². The quantitative estimate of drug-likeness (QED) is 0.335. The number of pyridine rings is 1. The molecule has 38 heavy (non-hydrogen) atoms. The molecule has 9 nitrogen and oxygen atoms in total. The van der Waals surface area contributed by atoms with Crippen LogP contribution < -0.4 is 25.4 Å². The van der Waals surface area contributed by atoms with E-state index in [9.17, 15) is 13.6 Å². The number of rotatable bonds is 10. The van der Waals surface area contributed by atoms with Gasteiger partial charge in [-0.05, 0) is 54.9 Å². The summed E-state index contributed by atoms with van der Waals surface area (Å²) < 4.78 is 40.8. The van der Waals surface area contributed by atoms with Gasteiger partial charge in [0.15, 0.2) is 11.5 Å². The molecule has 0 atom stereocenters. The monoisotopic (exact) mass is 525 g/mol. The summed E-state index contributed by atoms with van der Waals surface area (Å²) in [4.78, 5) is 19.8. The zero-order valence-electron chi connectivity index (χ0n) is 20.7. The number of ether oxygens (including phenoxy) is 3. The van der Waals surface area contributed by atoms with Crippen LogP contribution in [0.1, 0.15) is 22.3 Å². The lowest BCUT2D eigenvalue weighted by atomic mass is 10.1. The van der Waals surface area contributed by atoms with Crippen molar-refractivity contribution in [2.75, 3.05) is 55.3 Å². The van der Waals surface area contributed by atoms with Gasteiger partial charge in [-0.2, -0.15) is 0 Å². The summed E-state index contributed by atoms with van der Waals surface area (Å²) in [5.74, 6) is 0.183. The Bertz CT molecular complexity index is 1270. The number of halogens is 2. The summed E-state index contributed by atoms with van der Waals surface area (Å²) in [6.45, 7) is 5.89. The molecule has 0 spiro atoms. The number of carbonyl (C=O) groups excluding carboxylic acids is 1. The van der Waals surface area contributed by atoms with E-state index in [-0.39, 0.29) is 11.5 Å². The first-order valence-electron chi connectivity index (χ1n) is 12.5. The molecule has 0 unspecified atom stereocenters. The van der Waals surface area contributed by atoms with Crippen LogP contribution in [0.4, 0.5) is 26.0 Å². The van der Waals surface area contributed by atoms with Gasteiger partial charge in [-0.3, -0.25) is 9.69 Å². The lowest BCUT2D eigenvalue weighted by Crippen LogP contribution is -2.37. The number of amides is 1. The van der Waals surface area contributed by atoms with E-state index in [4.69, 9.17) is 4.74 Å². The molecular formula is C27H29F2N5O4. The fraction of sp³-hybridized carbons (Fsp3) is 0.333. The first kappa shape index (κ1) is 25.7. The minimum absolute atomic E-state index is 0.0848. The van der Waals surface area contributed by atoms with Gasteiger partial charge in [0.05, 0.1) is 18.8 Å². The molecule has 1 amide bonds. The smallest absolute Gasteiger partial charge is 0.395 e. The van der Waals surface area contributed by atoms with Crippen molar-refractivity contribution in [3.05, 3.63) is 71.9 Å². The molecule has 1 saturated heterocycles. The highest BCUT2D eigenvalue weighted by Crippen LogP contribution is 2.42. The number of aromatic nitrogens is 1. The minimum Gasteiger partial charge on any atom is -0.395 e. The third-order valence-electron chi connectivity index (χ3n) is 6.20. The largest absolute Gasteiger partial charge is 0.586 e. The molecule has 5 rings (SSSR count). The van der Waals surface area contributed by atoms with Crippen LogP contribution in [0, 0.1) is 0 Å². The fourth-order valence-corrected chi connectivity index (χ4v) is 4.28. The van der Waals surface area contributed by atoms with Crippen molar-refractivity contribution in [3.63, 3.8) is 0 Å². The molecule has 0 bridgehead atoms. The van der Waals surface area contributed by atoms with E-state index in [1.165, 1.54) is 18.2 Å². The molecule has 0 aliphatic carbocycles. The van der Waals surface area contributed by atoms with Crippen molar-refractivity contribution in [1.82, 2.24) is 9.88 Å². The summed E-state index contributed by atoms with van der Waals surface area (Å²) in [6.07, 6.45) is -0.950. The molecule has 1 fully saturated rings. The first-order valence-corrected chi connectivity index (χ1v) is 12.5. The Kier molecular flexibility index (Phi) is 7.85. The predicted octanol–water partition coefficient (Wildman–Crippen LogP) is 4.40. The van der Waals surface area contributed by atoms with Gasteiger partial charge >= 0.3 is 6.29 Å². The number of benzene rings is 2. The molecule has 2 aromatic carbocycles. The average molecular weight is 526 g/mol. The fourth-order valence-electron chi connectivity index (χ4n) is 4.28. The van der Waals surface area contributed by atoms with Crippen LogP contribution in [0.5, 0.6) is 11.5 Å². The summed E-state index contributed by atoms with van der Waals surface area (Å²) >= 11 is 0. The van der Waals surface area contributed by atoms with Crippen LogP contribution in [-0.2, 0) is 11.3 Å². The van der Waals surface area contributed by atoms with Crippen molar-refractivity contribution in [2.45, 2.75) is 19.3 Å². The number of nitrogens with one attached hydrogen (secondary N) is 3. The highest BCUT2D eigenvalue weighted by molar-refractivity contribution is 6.08. The molecule has 11 heteroatoms. The van der Waals surface area contributed by atoms with Gasteiger partial charge in [-0.25, -0.2) is 4.98 Å². The van der Waals surface area contributed by atoms with Crippen molar-refractivity contribution in [3.8, 4) is 11.5 Å². The molecule has 2 aliphatic rings. The number of morpholine rings is 1. The van der Waals surface area contributed by atoms with E-state index in [1.807, 2.05) is 18.2 Å². The Morgan fingerprint density at radius 2 is 1.82 bits per heavy atom. The second-order valence-electron chi connectivity index (χ2n) is 8.97. The number of anilines is 3. The molecule has 3 aromatic rings. The van der Waals surface area contributed by atoms with E-state index < -0.39 is 12.2 Å². The zero-order chi connectivity index (χ0) is 26.4. The van der Waals surface area contributed by atoms with Gasteiger partial charge in [-0.15, -0.1) is 8.78 Å². The topological polar surface area (TPSA) is 97.0 Å². The van der Waals surface area contributed by atoms with E-state index in [2.05, 4.69) is 35.3 Å². The van der Waals surface area contributed by atoms with Gasteiger partial charge in [-0.1, -0.05) is 12.1 Å². The standard InChI is InChI=1S/C27H29F2N5O4/c28-27(29)37-23-7-6-20(17-24(23)38-27)33-26(35)21-4-1-2-5-22(21)32-18-19-8-10-31-25(16-19)30-9-3-11-34-12-14-36-15-13-34/h1-2,4-8,10,16-17,32H,3,9,11-15,18H2,(H,30,31)(H,33,35). The Balaban J connectivity index is 1.15. The van der Waals surface area contributed by atoms with Crippen LogP contribution in [0.2, 0.25) is 0 Å². The van der Waals surface area contributed by atoms with Crippen LogP contribution in [0.15, 0.2) is 60.8 Å². The average Bonchev–Trinajstić information content (AvgIpc) is 3.24. The maximum atomic E-state index is 13.3. The second kappa shape index (κ2) is 11.6. The van der Waals surface area contributed by atoms with Gasteiger partial charge in [0.2, 0.25) is 0 Å². The minimum atomic E-state index is -3.72.